The number of quaternary nitrogens is 1. The van der Waals surface area contributed by atoms with Crippen LogP contribution in [0.1, 0.15) is 38.5 Å². The number of halogens is 1. The Balaban J connectivity index is 0.000000146. The normalized spacial score (nSPS) is 26.9. The number of nitro groups is 2. The molecule has 2 aliphatic carbocycles. The third-order valence-corrected chi connectivity index (χ3v) is 10.3. The Bertz CT molecular complexity index is 1370. The highest BCUT2D eigenvalue weighted by atomic mass is 35.7. The van der Waals surface area contributed by atoms with Crippen molar-refractivity contribution in [2.75, 3.05) is 0 Å². The molecule has 0 amide bonds. The minimum absolute atomic E-state index is 0.0973. The average Bonchev–Trinajstić information content (AvgIpc) is 3.65. The van der Waals surface area contributed by atoms with Crippen LogP contribution in [0, 0.1) is 20.2 Å². The number of non-ortho nitro benzene ring substituents is 2. The zero-order valence-corrected chi connectivity index (χ0v) is 21.9. The van der Waals surface area contributed by atoms with Gasteiger partial charge in [-0.25, -0.2) is 16.8 Å². The molecule has 200 valence electrons. The molecule has 2 heterocycles. The van der Waals surface area contributed by atoms with E-state index in [0.29, 0.717) is 0 Å². The SMILES string of the molecule is C1CC2[NH2+]C2C1.O=[N+]([O-])c1ccc(S(=O)(=O)Cl)cc1.O=[N+]([O-])c1ccc(S(=O)(=O)N2C3CCCC32)cc1. The summed E-state index contributed by atoms with van der Waals surface area (Å²) in [5.74, 6) is 0. The molecule has 0 aromatic heterocycles. The molecule has 2 saturated carbocycles. The molecule has 4 unspecified atom stereocenters. The van der Waals surface area contributed by atoms with E-state index >= 15 is 0 Å². The second-order valence-corrected chi connectivity index (χ2v) is 13.7. The van der Waals surface area contributed by atoms with Gasteiger partial charge in [0.1, 0.15) is 12.1 Å². The van der Waals surface area contributed by atoms with Crippen LogP contribution in [-0.4, -0.2) is 55.2 Å². The molecule has 6 rings (SSSR count). The van der Waals surface area contributed by atoms with Crippen LogP contribution in [0.2, 0.25) is 0 Å². The highest BCUT2D eigenvalue weighted by molar-refractivity contribution is 8.13. The van der Waals surface area contributed by atoms with Crippen LogP contribution in [0.3, 0.4) is 0 Å². The summed E-state index contributed by atoms with van der Waals surface area (Å²) in [7, 11) is -2.26. The van der Waals surface area contributed by atoms with Crippen LogP contribution in [-0.2, 0) is 19.1 Å². The highest BCUT2D eigenvalue weighted by Gasteiger charge is 2.57. The van der Waals surface area contributed by atoms with Gasteiger partial charge in [-0.05, 0) is 43.5 Å². The summed E-state index contributed by atoms with van der Waals surface area (Å²) in [5.41, 5.74) is -0.274. The molecule has 0 bridgehead atoms. The van der Waals surface area contributed by atoms with Crippen LogP contribution in [0.15, 0.2) is 58.3 Å². The van der Waals surface area contributed by atoms with Crippen molar-refractivity contribution in [2.24, 2.45) is 0 Å². The Morgan fingerprint density at radius 2 is 1.14 bits per heavy atom. The van der Waals surface area contributed by atoms with Gasteiger partial charge in [-0.15, -0.1) is 0 Å². The summed E-state index contributed by atoms with van der Waals surface area (Å²) in [6.07, 6.45) is 7.45. The van der Waals surface area contributed by atoms with Gasteiger partial charge in [0.2, 0.25) is 10.0 Å². The molecule has 2 aromatic carbocycles. The molecule has 4 fully saturated rings. The van der Waals surface area contributed by atoms with Gasteiger partial charge in [0.15, 0.2) is 0 Å². The predicted octanol–water partition coefficient (Wildman–Crippen LogP) is 2.53. The Kier molecular flexibility index (Phi) is 7.85. The molecule has 2 N–H and O–H groups in total. The zero-order chi connectivity index (χ0) is 27.0. The third kappa shape index (κ3) is 6.44. The molecule has 0 radical (unpaired) electrons. The molecule has 0 spiro atoms. The average molecular weight is 574 g/mol. The standard InChI is InChI=1S/C11H12N2O4S.C6H4ClNO4S.C5H9N/c14-13(15)8-4-6-9(7-5-8)18(16,17)12-10-2-1-3-11(10)12;7-13(11,12)6-3-1-5(2-4-6)8(9)10;1-2-4-5(3-1)6-4/h4-7,10-11H,1-3H2;1-4H;4-6H,1-3H2/p+1. The number of nitrogens with zero attached hydrogens (tertiary/aromatic N) is 3. The minimum Gasteiger partial charge on any atom is -0.332 e. The smallest absolute Gasteiger partial charge is 0.269 e. The molecule has 2 aromatic rings. The maximum Gasteiger partial charge on any atom is 0.269 e. The maximum absolute atomic E-state index is 12.2. The molecule has 15 heteroatoms. The highest BCUT2D eigenvalue weighted by Crippen LogP contribution is 2.46. The van der Waals surface area contributed by atoms with Crippen molar-refractivity contribution in [3.63, 3.8) is 0 Å². The Hall–Kier alpha value is -2.65. The van der Waals surface area contributed by atoms with E-state index in [1.54, 1.807) is 0 Å². The van der Waals surface area contributed by atoms with Crippen molar-refractivity contribution in [2.45, 2.75) is 72.5 Å². The Morgan fingerprint density at radius 1 is 0.730 bits per heavy atom. The number of nitro benzene ring substituents is 2. The molecule has 12 nitrogen and oxygen atoms in total. The first-order valence-electron chi connectivity index (χ1n) is 11.7. The van der Waals surface area contributed by atoms with E-state index in [9.17, 15) is 37.1 Å². The van der Waals surface area contributed by atoms with Gasteiger partial charge in [-0.2, -0.15) is 4.31 Å². The predicted molar refractivity (Wildman–Crippen MR) is 133 cm³/mol. The largest absolute Gasteiger partial charge is 0.332 e. The quantitative estimate of drug-likeness (QED) is 0.246. The van der Waals surface area contributed by atoms with Gasteiger partial charge in [0.25, 0.3) is 20.4 Å². The van der Waals surface area contributed by atoms with E-state index in [2.05, 4.69) is 5.32 Å². The summed E-state index contributed by atoms with van der Waals surface area (Å²) in [6, 6.07) is 11.9. The number of hydrogen-bond acceptors (Lipinski definition) is 8. The second-order valence-electron chi connectivity index (χ2n) is 9.29. The second kappa shape index (κ2) is 10.6. The number of fused-ring (bicyclic) bond motifs is 2. The Morgan fingerprint density at radius 3 is 1.46 bits per heavy atom. The fourth-order valence-electron chi connectivity index (χ4n) is 4.90. The van der Waals surface area contributed by atoms with Gasteiger partial charge in [-0.1, -0.05) is 6.42 Å². The number of hydrogen-bond donors (Lipinski definition) is 1. The fourth-order valence-corrected chi connectivity index (χ4v) is 7.54. The molecule has 2 aliphatic heterocycles. The van der Waals surface area contributed by atoms with Crippen molar-refractivity contribution in [1.82, 2.24) is 4.31 Å². The lowest BCUT2D eigenvalue weighted by Crippen LogP contribution is -2.63. The van der Waals surface area contributed by atoms with Crippen molar-refractivity contribution in [3.05, 3.63) is 68.8 Å². The summed E-state index contributed by atoms with van der Waals surface area (Å²) in [6.45, 7) is 0. The van der Waals surface area contributed by atoms with E-state index in [0.717, 1.165) is 55.6 Å². The monoisotopic (exact) mass is 573 g/mol. The molecule has 4 atom stereocenters. The van der Waals surface area contributed by atoms with Gasteiger partial charge in [-0.3, -0.25) is 20.2 Å². The summed E-state index contributed by atoms with van der Waals surface area (Å²) < 4.78 is 47.4. The van der Waals surface area contributed by atoms with E-state index in [4.69, 9.17) is 10.7 Å². The van der Waals surface area contributed by atoms with Crippen LogP contribution in [0.25, 0.3) is 0 Å². The fraction of sp³-hybridized carbons (Fsp3) is 0.455. The van der Waals surface area contributed by atoms with Crippen molar-refractivity contribution < 1.29 is 32.0 Å². The third-order valence-electron chi connectivity index (χ3n) is 6.94. The van der Waals surface area contributed by atoms with E-state index < -0.39 is 28.9 Å². The number of rotatable bonds is 5. The molecular weight excluding hydrogens is 548 g/mol. The van der Waals surface area contributed by atoms with Crippen LogP contribution < -0.4 is 5.32 Å². The first kappa shape index (κ1) is 27.4. The van der Waals surface area contributed by atoms with E-state index in [-0.39, 0.29) is 33.2 Å². The summed E-state index contributed by atoms with van der Waals surface area (Å²) >= 11 is 0. The summed E-state index contributed by atoms with van der Waals surface area (Å²) in [5, 5.41) is 23.2. The lowest BCUT2D eigenvalue weighted by molar-refractivity contribution is -0.522. The topological polar surface area (TPSA) is 174 Å². The number of benzene rings is 2. The van der Waals surface area contributed by atoms with Gasteiger partial charge >= 0.3 is 0 Å². The Labute approximate surface area is 218 Å². The van der Waals surface area contributed by atoms with Crippen molar-refractivity contribution >= 4 is 41.1 Å². The maximum atomic E-state index is 12.2. The van der Waals surface area contributed by atoms with Crippen molar-refractivity contribution in [3.8, 4) is 0 Å². The van der Waals surface area contributed by atoms with Crippen LogP contribution >= 0.6 is 10.7 Å². The zero-order valence-electron chi connectivity index (χ0n) is 19.6. The molecule has 2 saturated heterocycles. The number of nitrogens with two attached hydrogens (primary N) is 1. The van der Waals surface area contributed by atoms with Crippen LogP contribution in [0.4, 0.5) is 11.4 Å². The molecule has 37 heavy (non-hydrogen) atoms. The first-order valence-corrected chi connectivity index (χ1v) is 15.5. The minimum atomic E-state index is -3.80. The van der Waals surface area contributed by atoms with Gasteiger partial charge < -0.3 is 5.32 Å². The summed E-state index contributed by atoms with van der Waals surface area (Å²) in [4.78, 5) is 19.5. The first-order chi connectivity index (χ1) is 17.4. The lowest BCUT2D eigenvalue weighted by atomic mass is 10.3. The number of piperidine rings is 2. The van der Waals surface area contributed by atoms with E-state index in [1.807, 2.05) is 0 Å². The number of sulfonamides is 1. The van der Waals surface area contributed by atoms with Crippen molar-refractivity contribution in [1.29, 1.82) is 0 Å². The van der Waals surface area contributed by atoms with Crippen LogP contribution in [0.5, 0.6) is 0 Å². The lowest BCUT2D eigenvalue weighted by Gasteiger charge is -2.08. The van der Waals surface area contributed by atoms with Gasteiger partial charge in [0.05, 0.1) is 19.6 Å². The van der Waals surface area contributed by atoms with Gasteiger partial charge in [0, 0.05) is 59.9 Å². The molecule has 4 aliphatic rings. The van der Waals surface area contributed by atoms with E-state index in [1.165, 1.54) is 47.8 Å². The molecular formula is C22H26ClN4O8S2+.